The summed E-state index contributed by atoms with van der Waals surface area (Å²) >= 11 is 4.25. The first-order chi connectivity index (χ1) is 35.3. The molecule has 4 aliphatic rings. The molecule has 4 aliphatic heterocycles. The van der Waals surface area contributed by atoms with Crippen LogP contribution < -0.4 is 124 Å². The van der Waals surface area contributed by atoms with Crippen molar-refractivity contribution in [2.75, 3.05) is 50.2 Å². The molecule has 29 heteroatoms. The van der Waals surface area contributed by atoms with Gasteiger partial charge < -0.3 is 41.5 Å². The summed E-state index contributed by atoms with van der Waals surface area (Å²) in [7, 11) is -1.00. The van der Waals surface area contributed by atoms with Gasteiger partial charge in [0.15, 0.2) is 0 Å². The van der Waals surface area contributed by atoms with Crippen LogP contribution in [0.3, 0.4) is 0 Å². The number of rotatable bonds is 14. The fourth-order valence-corrected chi connectivity index (χ4v) is 7.36. The number of Topliss-reactive ketones (excluding diaryl/α,β-unsaturated/α-hetero) is 1. The topological polar surface area (TPSA) is 345 Å². The summed E-state index contributed by atoms with van der Waals surface area (Å²) in [6, 6.07) is 0. The molecular weight excluding hydrogens is 1170 g/mol. The number of cyclic esters (lactones) is 2. The molecule has 0 aromatic carbocycles. The molecule has 78 heavy (non-hydrogen) atoms. The number of carbonyl (C=O) groups is 13. The summed E-state index contributed by atoms with van der Waals surface area (Å²) in [5.41, 5.74) is -1.67. The van der Waals surface area contributed by atoms with E-state index in [0.29, 0.717) is 70.8 Å². The van der Waals surface area contributed by atoms with E-state index in [1.165, 1.54) is 9.80 Å². The molecular formula is C49H81BrFK2N5O19S. The SMILES string of the molecule is CC(C)(C)OC(=O)NCCBr.CC1(C)CC(=O)N(CCCC(=O)CSCC(=O)O)C(=O)C1.CC1(C)CC(=O)N(CCNC(=O)OC(C)(C)C)C(=O)C1.CC1(C)CC(=O)NC(=O)C1.O=C1CCCC(=O)O1.O=CO[O-].[2H]CF.[H-].[K+].[K+]. The first-order valence-electron chi connectivity index (χ1n) is 24.6. The summed E-state index contributed by atoms with van der Waals surface area (Å²) in [4.78, 5) is 147. The maximum atomic E-state index is 11.9. The normalized spacial score (nSPS) is 16.9. The zero-order valence-corrected chi connectivity index (χ0v) is 56.5. The van der Waals surface area contributed by atoms with Crippen molar-refractivity contribution < 1.29 is 202 Å². The molecule has 24 nitrogen and oxygen atoms in total. The third-order valence-electron chi connectivity index (χ3n) is 9.40. The summed E-state index contributed by atoms with van der Waals surface area (Å²) in [5, 5.41) is 25.0. The summed E-state index contributed by atoms with van der Waals surface area (Å²) in [6.07, 6.45) is 3.54. The second kappa shape index (κ2) is 43.4. The minimum absolute atomic E-state index is 0. The number of nitrogens with zero attached hydrogens (tertiary/aromatic N) is 2. The number of nitrogens with one attached hydrogen (secondary N) is 3. The first kappa shape index (κ1) is 82.2. The number of hydrogen-bond donors (Lipinski definition) is 4. The molecule has 438 valence electrons. The van der Waals surface area contributed by atoms with Crippen LogP contribution in [0.25, 0.3) is 0 Å². The number of piperidine rings is 3. The summed E-state index contributed by atoms with van der Waals surface area (Å²) < 4.78 is 29.8. The van der Waals surface area contributed by atoms with Crippen LogP contribution >= 0.6 is 27.7 Å². The number of aliphatic carboxylic acids is 1. The number of likely N-dealkylation sites (tertiary alicyclic amines) is 2. The van der Waals surface area contributed by atoms with Crippen LogP contribution in [0, 0.1) is 16.2 Å². The molecule has 0 unspecified atom stereocenters. The van der Waals surface area contributed by atoms with Crippen LogP contribution in [0.2, 0.25) is 0 Å². The molecule has 4 saturated heterocycles. The zero-order valence-electron chi connectivity index (χ0n) is 49.9. The molecule has 0 spiro atoms. The number of thioether (sulfide) groups is 1. The maximum absolute atomic E-state index is 11.9. The molecule has 0 atom stereocenters. The Labute approximate surface area is 557 Å². The van der Waals surface area contributed by atoms with Gasteiger partial charge in [0.25, 0.3) is 6.47 Å². The van der Waals surface area contributed by atoms with Crippen molar-refractivity contribution in [3.63, 3.8) is 0 Å². The number of halogens is 2. The van der Waals surface area contributed by atoms with E-state index in [0.717, 1.165) is 17.1 Å². The van der Waals surface area contributed by atoms with Crippen LogP contribution in [0.1, 0.15) is 157 Å². The Kier molecular flexibility index (Phi) is 45.7. The molecule has 4 fully saturated rings. The van der Waals surface area contributed by atoms with Crippen LogP contribution in [-0.2, 0) is 71.8 Å². The van der Waals surface area contributed by atoms with Crippen molar-refractivity contribution in [3.8, 4) is 0 Å². The van der Waals surface area contributed by atoms with E-state index in [1.807, 2.05) is 62.3 Å². The molecule has 4 rings (SSSR count). The Morgan fingerprint density at radius 2 is 1.10 bits per heavy atom. The van der Waals surface area contributed by atoms with Gasteiger partial charge in [-0.2, -0.15) is 0 Å². The number of carbonyl (C=O) groups excluding carboxylic acids is 12. The van der Waals surface area contributed by atoms with E-state index in [2.05, 4.69) is 41.5 Å². The number of ether oxygens (including phenoxy) is 3. The number of carboxylic acid groups (broad SMARTS) is 1. The molecule has 0 aliphatic carbocycles. The second-order valence-electron chi connectivity index (χ2n) is 21.4. The monoisotopic (exact) mass is 1250 g/mol. The number of alkyl carbamates (subject to hydrolysis) is 2. The van der Waals surface area contributed by atoms with Gasteiger partial charge in [-0.15, -0.1) is 11.8 Å². The molecule has 0 aromatic rings. The number of esters is 2. The predicted molar refractivity (Wildman–Crippen MR) is 277 cm³/mol. The minimum Gasteiger partial charge on any atom is -1.00 e. The van der Waals surface area contributed by atoms with Crippen molar-refractivity contribution in [1.82, 2.24) is 25.8 Å². The van der Waals surface area contributed by atoms with Crippen molar-refractivity contribution in [2.45, 2.75) is 165 Å². The van der Waals surface area contributed by atoms with Crippen molar-refractivity contribution in [2.24, 2.45) is 16.2 Å². The van der Waals surface area contributed by atoms with Gasteiger partial charge in [-0.3, -0.25) is 72.2 Å². The summed E-state index contributed by atoms with van der Waals surface area (Å²) in [5.74, 6) is -2.74. The third kappa shape index (κ3) is 47.4. The van der Waals surface area contributed by atoms with Crippen LogP contribution in [0.4, 0.5) is 14.0 Å². The smallest absolute Gasteiger partial charge is 1.00 e. The van der Waals surface area contributed by atoms with Gasteiger partial charge in [0.1, 0.15) is 17.0 Å². The van der Waals surface area contributed by atoms with Gasteiger partial charge >= 0.3 is 133 Å². The Morgan fingerprint density at radius 1 is 0.744 bits per heavy atom. The van der Waals surface area contributed by atoms with Crippen LogP contribution in [0.15, 0.2) is 0 Å². The molecule has 4 N–H and O–H groups in total. The van der Waals surface area contributed by atoms with Crippen molar-refractivity contribution >= 4 is 105 Å². The van der Waals surface area contributed by atoms with E-state index >= 15 is 0 Å². The minimum atomic E-state index is -1.00. The Balaban J connectivity index is -0.000000213. The fourth-order valence-electron chi connectivity index (χ4n) is 6.51. The average Bonchev–Trinajstić information content (AvgIpc) is 3.23. The Hall–Kier alpha value is -2.30. The van der Waals surface area contributed by atoms with Crippen molar-refractivity contribution in [3.05, 3.63) is 0 Å². The number of alkyl halides is 2. The van der Waals surface area contributed by atoms with E-state index in [4.69, 9.17) is 26.0 Å². The van der Waals surface area contributed by atoms with E-state index < -0.39 is 30.4 Å². The molecule has 0 saturated carbocycles. The number of ketones is 1. The number of amides is 8. The van der Waals surface area contributed by atoms with Crippen molar-refractivity contribution in [1.29, 1.82) is 0 Å². The van der Waals surface area contributed by atoms with Gasteiger partial charge in [-0.25, -0.2) is 9.59 Å². The molecule has 0 bridgehead atoms. The van der Waals surface area contributed by atoms with Gasteiger partial charge in [-0.1, -0.05) is 57.5 Å². The largest absolute Gasteiger partial charge is 1.00 e. The first-order valence-corrected chi connectivity index (χ1v) is 26.2. The van der Waals surface area contributed by atoms with Crippen LogP contribution in [-0.4, -0.2) is 154 Å². The van der Waals surface area contributed by atoms with Gasteiger partial charge in [0, 0.05) is 89.3 Å². The Bertz CT molecular complexity index is 1940. The molecule has 4 heterocycles. The summed E-state index contributed by atoms with van der Waals surface area (Å²) in [6.45, 7) is 23.3. The van der Waals surface area contributed by atoms with Gasteiger partial charge in [-0.05, 0) is 70.6 Å². The Morgan fingerprint density at radius 3 is 1.41 bits per heavy atom. The fraction of sp³-hybridized carbons (Fsp3) is 0.735. The zero-order chi connectivity index (χ0) is 60.4. The second-order valence-corrected chi connectivity index (χ2v) is 23.1. The predicted octanol–water partition coefficient (Wildman–Crippen LogP) is -1.25. The standard InChI is InChI=1S/C14H24N2O4.C14H21NO5S.C7H14BrNO2.C7H11NO2.C5H6O3.CH3F.CH2O3.2K.H/c1-13(2,3)20-12(19)15-6-7-16-10(17)8-14(4,5)9-11(16)18;1-14(2)6-11(17)15(12(18)7-14)5-3-4-10(16)8-21-9-13(19)20;1-7(2,3)11-6(10)9-5-4-8;1-7(2)3-5(9)8-6(10)4-7;6-4-2-1-3-5(7)8-4;1-2;2-1-4-3;;;/h6-9H2,1-5H3,(H,15,19);3-9H2,1-2H3,(H,19,20);4-5H2,1-3H3,(H,9,10);3-4H2,1-2H3,(H,8,9,10);1-3H2;1H3;1,3H;;;/q;;;;;;;2*+1;-1/p-1/i;;;;;1D;;;;. The van der Waals surface area contributed by atoms with Crippen LogP contribution in [0.5, 0.6) is 0 Å². The van der Waals surface area contributed by atoms with E-state index in [9.17, 15) is 61.9 Å². The quantitative estimate of drug-likeness (QED) is 0.0182. The van der Waals surface area contributed by atoms with E-state index in [1.54, 1.807) is 20.8 Å². The molecule has 0 aromatic heterocycles. The van der Waals surface area contributed by atoms with Gasteiger partial charge in [0.05, 0.1) is 20.0 Å². The number of hydrogen-bond acceptors (Lipinski definition) is 19. The number of carboxylic acids is 1. The molecule has 8 amide bonds. The average molecular weight is 1250 g/mol. The van der Waals surface area contributed by atoms with Gasteiger partial charge in [0.2, 0.25) is 35.4 Å². The third-order valence-corrected chi connectivity index (χ3v) is 10.8. The maximum Gasteiger partial charge on any atom is 1.00 e. The van der Waals surface area contributed by atoms with E-state index in [-0.39, 0.29) is 224 Å². The molecule has 0 radical (unpaired) electrons. The number of imide groups is 3.